The molecule has 0 radical (unpaired) electrons. The van der Waals surface area contributed by atoms with Crippen molar-refractivity contribution in [3.63, 3.8) is 0 Å². The van der Waals surface area contributed by atoms with Crippen LogP contribution in [-0.2, 0) is 29.7 Å². The van der Waals surface area contributed by atoms with Crippen molar-refractivity contribution >= 4 is 12.2 Å². The number of nitrogens with zero attached hydrogens (tertiary/aromatic N) is 5. The number of benzene rings is 1. The maximum Gasteiger partial charge on any atom is 0.304 e. The summed E-state index contributed by atoms with van der Waals surface area (Å²) in [6, 6.07) is 8.52. The van der Waals surface area contributed by atoms with E-state index < -0.39 is 0 Å². The molecule has 1 aromatic heterocycles. The molecular weight excluding hydrogens is 426 g/mol. The zero-order valence-electron chi connectivity index (χ0n) is 21.7. The van der Waals surface area contributed by atoms with Gasteiger partial charge in [0.05, 0.1) is 12.8 Å². The number of aryl methyl sites for hydroxylation is 1. The molecule has 188 valence electrons. The van der Waals surface area contributed by atoms with Crippen LogP contribution >= 0.6 is 0 Å². The largest absolute Gasteiger partial charge is 0.447 e. The molecule has 0 fully saturated rings. The predicted molar refractivity (Wildman–Crippen MR) is 139 cm³/mol. The molecule has 1 atom stereocenters. The van der Waals surface area contributed by atoms with Crippen molar-refractivity contribution in [1.29, 1.82) is 0 Å². The van der Waals surface area contributed by atoms with Crippen molar-refractivity contribution in [3.8, 4) is 0 Å². The first kappa shape index (κ1) is 27.7. The average molecular weight is 470 g/mol. The van der Waals surface area contributed by atoms with Crippen LogP contribution in [0.5, 0.6) is 0 Å². The molecule has 7 heteroatoms. The number of aromatic nitrogens is 2. The summed E-state index contributed by atoms with van der Waals surface area (Å²) in [4.78, 5) is 25.1. The van der Waals surface area contributed by atoms with E-state index in [-0.39, 0.29) is 12.2 Å². The van der Waals surface area contributed by atoms with Crippen LogP contribution < -0.4 is 0 Å². The first-order valence-corrected chi connectivity index (χ1v) is 12.6. The molecule has 2 aromatic rings. The van der Waals surface area contributed by atoms with Gasteiger partial charge in [0.2, 0.25) is 0 Å². The summed E-state index contributed by atoms with van der Waals surface area (Å²) in [5.41, 5.74) is 2.36. The van der Waals surface area contributed by atoms with Crippen LogP contribution in [0.25, 0.3) is 0 Å². The van der Waals surface area contributed by atoms with E-state index in [1.807, 2.05) is 24.7 Å². The molecule has 1 heterocycles. The number of hydrogen-bond acceptors (Lipinski definition) is 6. The molecule has 0 spiro atoms. The summed E-state index contributed by atoms with van der Waals surface area (Å²) < 4.78 is 7.45. The Morgan fingerprint density at radius 2 is 1.74 bits per heavy atom. The zero-order valence-corrected chi connectivity index (χ0v) is 21.7. The highest BCUT2D eigenvalue weighted by Crippen LogP contribution is 2.13. The van der Waals surface area contributed by atoms with Gasteiger partial charge in [-0.25, -0.2) is 4.98 Å². The highest BCUT2D eigenvalue weighted by Gasteiger charge is 2.17. The number of aliphatic imine (C=N–C) groups is 1. The summed E-state index contributed by atoms with van der Waals surface area (Å²) >= 11 is 0. The molecule has 2 rings (SSSR count). The van der Waals surface area contributed by atoms with Crippen LogP contribution in [0.4, 0.5) is 0 Å². The fourth-order valence-electron chi connectivity index (χ4n) is 4.04. The van der Waals surface area contributed by atoms with Gasteiger partial charge in [0.15, 0.2) is 6.23 Å². The van der Waals surface area contributed by atoms with Crippen molar-refractivity contribution in [1.82, 2.24) is 19.4 Å². The number of esters is 1. The van der Waals surface area contributed by atoms with Gasteiger partial charge in [0.25, 0.3) is 0 Å². The minimum atomic E-state index is -0.248. The molecule has 0 aliphatic rings. The Bertz CT molecular complexity index is 856. The minimum absolute atomic E-state index is 0.240. The van der Waals surface area contributed by atoms with Gasteiger partial charge in [-0.3, -0.25) is 14.7 Å². The molecule has 0 saturated heterocycles. The van der Waals surface area contributed by atoms with Gasteiger partial charge >= 0.3 is 5.97 Å². The van der Waals surface area contributed by atoms with Crippen LogP contribution in [0.3, 0.4) is 0 Å². The number of hydrogen-bond donors (Lipinski definition) is 0. The standard InChI is InChI=1S/C27H43N5O2/c1-6-15-31(16-7-2)17-8-9-18-32(23(3)34-24(4)33)22-26-12-10-25(11-13-26)20-28-21-27-29-14-19-30(27)5/h10-14,19,21,23H,6-9,15-18,20,22H2,1-5H3. The van der Waals surface area contributed by atoms with E-state index in [0.29, 0.717) is 6.54 Å². The Morgan fingerprint density at radius 1 is 1.09 bits per heavy atom. The molecule has 0 saturated carbocycles. The fourth-order valence-corrected chi connectivity index (χ4v) is 4.04. The van der Waals surface area contributed by atoms with E-state index in [4.69, 9.17) is 4.74 Å². The van der Waals surface area contributed by atoms with E-state index in [1.54, 1.807) is 12.4 Å². The molecule has 0 bridgehead atoms. The van der Waals surface area contributed by atoms with Gasteiger partial charge in [0.1, 0.15) is 5.82 Å². The normalized spacial score (nSPS) is 12.7. The second kappa shape index (κ2) is 15.4. The molecular formula is C27H43N5O2. The molecule has 0 aliphatic heterocycles. The Labute approximate surface area is 205 Å². The van der Waals surface area contributed by atoms with Crippen molar-refractivity contribution in [3.05, 3.63) is 53.6 Å². The van der Waals surface area contributed by atoms with Gasteiger partial charge < -0.3 is 14.2 Å². The highest BCUT2D eigenvalue weighted by molar-refractivity contribution is 5.74. The maximum absolute atomic E-state index is 11.6. The second-order valence-electron chi connectivity index (χ2n) is 8.91. The lowest BCUT2D eigenvalue weighted by atomic mass is 10.1. The first-order chi connectivity index (χ1) is 16.4. The van der Waals surface area contributed by atoms with Crippen molar-refractivity contribution in [2.24, 2.45) is 12.0 Å². The van der Waals surface area contributed by atoms with E-state index >= 15 is 0 Å². The molecule has 1 aromatic carbocycles. The Hall–Kier alpha value is -2.51. The quantitative estimate of drug-likeness (QED) is 0.155. The van der Waals surface area contributed by atoms with Gasteiger partial charge in [-0.2, -0.15) is 0 Å². The van der Waals surface area contributed by atoms with E-state index in [1.165, 1.54) is 38.4 Å². The van der Waals surface area contributed by atoms with Gasteiger partial charge in [-0.1, -0.05) is 38.1 Å². The lowest BCUT2D eigenvalue weighted by Gasteiger charge is -2.29. The lowest BCUT2D eigenvalue weighted by Crippen LogP contribution is -2.37. The summed E-state index contributed by atoms with van der Waals surface area (Å²) in [6.45, 7) is 13.6. The Morgan fingerprint density at radius 3 is 2.32 bits per heavy atom. The van der Waals surface area contributed by atoms with Crippen LogP contribution in [0.2, 0.25) is 0 Å². The number of rotatable bonds is 16. The fraction of sp³-hybridized carbons (Fsp3) is 0.593. The topological polar surface area (TPSA) is 63.0 Å². The Kier molecular flexibility index (Phi) is 12.6. The zero-order chi connectivity index (χ0) is 24.8. The SMILES string of the molecule is CCCN(CCC)CCCCN(Cc1ccc(CN=Cc2nccn2C)cc1)C(C)OC(C)=O. The van der Waals surface area contributed by atoms with E-state index in [9.17, 15) is 4.79 Å². The van der Waals surface area contributed by atoms with Crippen molar-refractivity contribution in [2.45, 2.75) is 72.7 Å². The molecule has 0 N–H and O–H groups in total. The summed E-state index contributed by atoms with van der Waals surface area (Å²) in [5.74, 6) is 0.606. The van der Waals surface area contributed by atoms with Crippen molar-refractivity contribution in [2.75, 3.05) is 26.2 Å². The third-order valence-corrected chi connectivity index (χ3v) is 5.85. The highest BCUT2D eigenvalue weighted by atomic mass is 16.6. The molecule has 7 nitrogen and oxygen atoms in total. The molecule has 34 heavy (non-hydrogen) atoms. The van der Waals surface area contributed by atoms with Gasteiger partial charge in [0, 0.05) is 39.5 Å². The Balaban J connectivity index is 1.90. The molecule has 0 amide bonds. The van der Waals surface area contributed by atoms with Crippen LogP contribution in [-0.4, -0.2) is 63.9 Å². The number of carbonyl (C=O) groups is 1. The average Bonchev–Trinajstić information content (AvgIpc) is 3.21. The third-order valence-electron chi connectivity index (χ3n) is 5.85. The van der Waals surface area contributed by atoms with Crippen molar-refractivity contribution < 1.29 is 9.53 Å². The number of imidazole rings is 1. The summed E-state index contributed by atoms with van der Waals surface area (Å²) in [5, 5.41) is 0. The van der Waals surface area contributed by atoms with Crippen LogP contribution in [0.15, 0.2) is 41.7 Å². The summed E-state index contributed by atoms with van der Waals surface area (Å²) in [6.07, 6.45) is 9.85. The predicted octanol–water partition coefficient (Wildman–Crippen LogP) is 4.65. The number of carbonyl (C=O) groups excluding carboxylic acids is 1. The van der Waals surface area contributed by atoms with E-state index in [0.717, 1.165) is 43.9 Å². The summed E-state index contributed by atoms with van der Waals surface area (Å²) in [7, 11) is 1.96. The van der Waals surface area contributed by atoms with Crippen LogP contribution in [0.1, 0.15) is 70.3 Å². The minimum Gasteiger partial charge on any atom is -0.447 e. The second-order valence-corrected chi connectivity index (χ2v) is 8.91. The number of ether oxygens (including phenoxy) is 1. The third kappa shape index (κ3) is 10.2. The number of unbranched alkanes of at least 4 members (excludes halogenated alkanes) is 1. The molecule has 0 aliphatic carbocycles. The van der Waals surface area contributed by atoms with Gasteiger partial charge in [-0.15, -0.1) is 0 Å². The van der Waals surface area contributed by atoms with E-state index in [2.05, 4.69) is 57.9 Å². The first-order valence-electron chi connectivity index (χ1n) is 12.6. The van der Waals surface area contributed by atoms with Crippen LogP contribution in [0, 0.1) is 0 Å². The maximum atomic E-state index is 11.6. The van der Waals surface area contributed by atoms with Gasteiger partial charge in [-0.05, 0) is 63.4 Å². The smallest absolute Gasteiger partial charge is 0.304 e. The lowest BCUT2D eigenvalue weighted by molar-refractivity contribution is -0.155. The monoisotopic (exact) mass is 469 g/mol. The molecule has 1 unspecified atom stereocenters.